The highest BCUT2D eigenvalue weighted by Crippen LogP contribution is 2.20. The van der Waals surface area contributed by atoms with Gasteiger partial charge in [0, 0.05) is 8.96 Å². The second-order valence-electron chi connectivity index (χ2n) is 2.59. The molecular weight excluding hydrogens is 283 g/mol. The minimum Gasteiger partial charge on any atom is -0.478 e. The van der Waals surface area contributed by atoms with Crippen molar-refractivity contribution in [1.82, 2.24) is 10.2 Å². The van der Waals surface area contributed by atoms with Crippen molar-refractivity contribution in [3.05, 3.63) is 27.5 Å². The van der Waals surface area contributed by atoms with E-state index in [-0.39, 0.29) is 5.56 Å². The number of H-pyrrole nitrogens is 1. The summed E-state index contributed by atoms with van der Waals surface area (Å²) in [5.74, 6) is -0.926. The zero-order valence-corrected chi connectivity index (χ0v) is 8.57. The zero-order valence-electron chi connectivity index (χ0n) is 6.41. The highest BCUT2D eigenvalue weighted by Gasteiger charge is 2.10. The average molecular weight is 288 g/mol. The van der Waals surface area contributed by atoms with E-state index in [0.717, 1.165) is 9.09 Å². The van der Waals surface area contributed by atoms with E-state index in [1.807, 2.05) is 6.07 Å². The molecule has 1 aromatic heterocycles. The predicted molar refractivity (Wildman–Crippen MR) is 55.8 cm³/mol. The van der Waals surface area contributed by atoms with Crippen molar-refractivity contribution in [2.45, 2.75) is 0 Å². The summed E-state index contributed by atoms with van der Waals surface area (Å²) in [7, 11) is 0. The molecule has 0 radical (unpaired) electrons. The molecule has 1 heterocycles. The van der Waals surface area contributed by atoms with Crippen LogP contribution < -0.4 is 0 Å². The monoisotopic (exact) mass is 288 g/mol. The molecule has 2 N–H and O–H groups in total. The summed E-state index contributed by atoms with van der Waals surface area (Å²) in [6, 6.07) is 3.48. The number of nitrogens with one attached hydrogen (secondary N) is 1. The third kappa shape index (κ3) is 1.39. The Labute approximate surface area is 87.1 Å². The summed E-state index contributed by atoms with van der Waals surface area (Å²) in [6.45, 7) is 0. The van der Waals surface area contributed by atoms with Gasteiger partial charge in [-0.1, -0.05) is 0 Å². The summed E-state index contributed by atoms with van der Waals surface area (Å²) < 4.78 is 0.881. The molecule has 0 atom stereocenters. The highest BCUT2D eigenvalue weighted by atomic mass is 127. The molecule has 66 valence electrons. The number of carboxylic acid groups (broad SMARTS) is 1. The normalized spacial score (nSPS) is 10.5. The third-order valence-corrected chi connectivity index (χ3v) is 2.38. The predicted octanol–water partition coefficient (Wildman–Crippen LogP) is 1.87. The first-order valence-corrected chi connectivity index (χ1v) is 4.62. The Morgan fingerprint density at radius 2 is 2.31 bits per heavy atom. The summed E-state index contributed by atoms with van der Waals surface area (Å²) in [5, 5.41) is 16.1. The first-order valence-electron chi connectivity index (χ1n) is 3.54. The second-order valence-corrected chi connectivity index (χ2v) is 3.84. The molecule has 13 heavy (non-hydrogen) atoms. The number of benzene rings is 1. The van der Waals surface area contributed by atoms with Crippen molar-refractivity contribution in [2.75, 3.05) is 0 Å². The molecule has 4 nitrogen and oxygen atoms in total. The van der Waals surface area contributed by atoms with Crippen LogP contribution in [0.3, 0.4) is 0 Å². The second kappa shape index (κ2) is 2.99. The van der Waals surface area contributed by atoms with Gasteiger partial charge in [0.25, 0.3) is 0 Å². The SMILES string of the molecule is O=C(O)c1cc(I)cc2[nH]ncc12. The molecule has 0 spiro atoms. The number of aromatic amines is 1. The van der Waals surface area contributed by atoms with E-state index >= 15 is 0 Å². The van der Waals surface area contributed by atoms with Crippen molar-refractivity contribution >= 4 is 39.5 Å². The van der Waals surface area contributed by atoms with E-state index in [4.69, 9.17) is 5.11 Å². The van der Waals surface area contributed by atoms with Gasteiger partial charge in [-0.3, -0.25) is 5.10 Å². The largest absolute Gasteiger partial charge is 0.478 e. The molecule has 2 aromatic rings. The lowest BCUT2D eigenvalue weighted by Gasteiger charge is -1.97. The van der Waals surface area contributed by atoms with Crippen LogP contribution >= 0.6 is 22.6 Å². The molecule has 0 bridgehead atoms. The van der Waals surface area contributed by atoms with Gasteiger partial charge < -0.3 is 5.11 Å². The first-order chi connectivity index (χ1) is 6.18. The molecular formula is C8H5IN2O2. The molecule has 0 aliphatic rings. The maximum Gasteiger partial charge on any atom is 0.336 e. The summed E-state index contributed by atoms with van der Waals surface area (Å²) >= 11 is 2.07. The van der Waals surface area contributed by atoms with Gasteiger partial charge in [0.05, 0.1) is 17.3 Å². The van der Waals surface area contributed by atoms with E-state index in [9.17, 15) is 4.79 Å². The van der Waals surface area contributed by atoms with Crippen molar-refractivity contribution in [3.8, 4) is 0 Å². The number of hydrogen-bond acceptors (Lipinski definition) is 2. The number of carboxylic acids is 1. The number of rotatable bonds is 1. The number of carbonyl (C=O) groups is 1. The number of fused-ring (bicyclic) bond motifs is 1. The fourth-order valence-electron chi connectivity index (χ4n) is 1.19. The Bertz CT molecular complexity index is 478. The van der Waals surface area contributed by atoms with Crippen LogP contribution in [0.2, 0.25) is 0 Å². The average Bonchev–Trinajstić information content (AvgIpc) is 2.49. The van der Waals surface area contributed by atoms with Crippen LogP contribution in [0, 0.1) is 3.57 Å². The summed E-state index contributed by atoms with van der Waals surface area (Å²) in [6.07, 6.45) is 1.52. The van der Waals surface area contributed by atoms with Crippen LogP contribution in [-0.2, 0) is 0 Å². The van der Waals surface area contributed by atoms with E-state index in [0.29, 0.717) is 5.39 Å². The Hall–Kier alpha value is -1.11. The summed E-state index contributed by atoms with van der Waals surface area (Å²) in [4.78, 5) is 10.8. The van der Waals surface area contributed by atoms with Gasteiger partial charge in [0.15, 0.2) is 0 Å². The number of aromatic nitrogens is 2. The minimum atomic E-state index is -0.926. The van der Waals surface area contributed by atoms with Crippen molar-refractivity contribution < 1.29 is 9.90 Å². The first kappa shape index (κ1) is 8.49. The van der Waals surface area contributed by atoms with E-state index in [2.05, 4.69) is 32.8 Å². The Morgan fingerprint density at radius 1 is 1.54 bits per heavy atom. The molecule has 0 saturated heterocycles. The van der Waals surface area contributed by atoms with Crippen LogP contribution in [-0.4, -0.2) is 21.3 Å². The van der Waals surface area contributed by atoms with Crippen molar-refractivity contribution in [1.29, 1.82) is 0 Å². The molecule has 0 aliphatic carbocycles. The molecule has 0 unspecified atom stereocenters. The lowest BCUT2D eigenvalue weighted by molar-refractivity contribution is 0.0699. The highest BCUT2D eigenvalue weighted by molar-refractivity contribution is 14.1. The Morgan fingerprint density at radius 3 is 3.00 bits per heavy atom. The van der Waals surface area contributed by atoms with Gasteiger partial charge in [0.1, 0.15) is 0 Å². The van der Waals surface area contributed by atoms with Gasteiger partial charge in [-0.15, -0.1) is 0 Å². The Kier molecular flexibility index (Phi) is 1.95. The standard InChI is InChI=1S/C8H5IN2O2/c9-4-1-5(8(12)13)6-3-10-11-7(6)2-4/h1-3H,(H,10,11)(H,12,13). The van der Waals surface area contributed by atoms with Gasteiger partial charge >= 0.3 is 5.97 Å². The molecule has 0 amide bonds. The van der Waals surface area contributed by atoms with Crippen LogP contribution in [0.5, 0.6) is 0 Å². The third-order valence-electron chi connectivity index (χ3n) is 1.75. The van der Waals surface area contributed by atoms with Gasteiger partial charge in [0.2, 0.25) is 0 Å². The summed E-state index contributed by atoms with van der Waals surface area (Å²) in [5.41, 5.74) is 1.04. The maximum absolute atomic E-state index is 10.8. The van der Waals surface area contributed by atoms with E-state index in [1.54, 1.807) is 6.07 Å². The fourth-order valence-corrected chi connectivity index (χ4v) is 1.82. The van der Waals surface area contributed by atoms with E-state index in [1.165, 1.54) is 6.20 Å². The van der Waals surface area contributed by atoms with Crippen LogP contribution in [0.25, 0.3) is 10.9 Å². The fraction of sp³-hybridized carbons (Fsp3) is 0. The topological polar surface area (TPSA) is 66.0 Å². The van der Waals surface area contributed by atoms with Crippen molar-refractivity contribution in [2.24, 2.45) is 0 Å². The zero-order chi connectivity index (χ0) is 9.42. The molecule has 0 fully saturated rings. The molecule has 2 rings (SSSR count). The van der Waals surface area contributed by atoms with Gasteiger partial charge in [-0.25, -0.2) is 4.79 Å². The molecule has 1 aromatic carbocycles. The van der Waals surface area contributed by atoms with Crippen LogP contribution in [0.15, 0.2) is 18.3 Å². The van der Waals surface area contributed by atoms with Gasteiger partial charge in [-0.2, -0.15) is 5.10 Å². The number of hydrogen-bond donors (Lipinski definition) is 2. The van der Waals surface area contributed by atoms with Crippen LogP contribution in [0.4, 0.5) is 0 Å². The van der Waals surface area contributed by atoms with Crippen LogP contribution in [0.1, 0.15) is 10.4 Å². The van der Waals surface area contributed by atoms with E-state index < -0.39 is 5.97 Å². The quantitative estimate of drug-likeness (QED) is 0.787. The smallest absolute Gasteiger partial charge is 0.336 e. The molecule has 0 aliphatic heterocycles. The minimum absolute atomic E-state index is 0.288. The number of aromatic carboxylic acids is 1. The Balaban J connectivity index is 2.84. The van der Waals surface area contributed by atoms with Gasteiger partial charge in [-0.05, 0) is 34.7 Å². The molecule has 0 saturated carbocycles. The molecule has 5 heteroatoms. The number of nitrogens with zero attached hydrogens (tertiary/aromatic N) is 1. The number of halogens is 1. The van der Waals surface area contributed by atoms with Crippen molar-refractivity contribution in [3.63, 3.8) is 0 Å². The lowest BCUT2D eigenvalue weighted by atomic mass is 10.1. The lowest BCUT2D eigenvalue weighted by Crippen LogP contribution is -1.97. The maximum atomic E-state index is 10.8.